The summed E-state index contributed by atoms with van der Waals surface area (Å²) >= 11 is 9.65. The molecule has 0 saturated carbocycles. The third-order valence-electron chi connectivity index (χ3n) is 3.29. The molecule has 0 aliphatic carbocycles. The monoisotopic (exact) mass is 367 g/mol. The van der Waals surface area contributed by atoms with Crippen LogP contribution in [0.15, 0.2) is 22.7 Å². The minimum atomic E-state index is 0.679. The highest BCUT2D eigenvalue weighted by Gasteiger charge is 2.13. The molecule has 0 atom stereocenters. The summed E-state index contributed by atoms with van der Waals surface area (Å²) in [4.78, 5) is 9.37. The summed E-state index contributed by atoms with van der Waals surface area (Å²) in [5.74, 6) is 1.61. The molecule has 0 bridgehead atoms. The minimum absolute atomic E-state index is 0.679. The van der Waals surface area contributed by atoms with Gasteiger partial charge in [-0.2, -0.15) is 0 Å². The largest absolute Gasteiger partial charge is 0.370 e. The average molecular weight is 369 g/mol. The minimum Gasteiger partial charge on any atom is -0.370 e. The van der Waals surface area contributed by atoms with Crippen molar-refractivity contribution in [1.29, 1.82) is 0 Å². The summed E-state index contributed by atoms with van der Waals surface area (Å²) in [5, 5.41) is 4.06. The maximum absolute atomic E-state index is 6.10. The summed E-state index contributed by atoms with van der Waals surface area (Å²) in [6.45, 7) is 7.21. The third-order valence-corrected chi connectivity index (χ3v) is 4.22. The Balaban J connectivity index is 2.55. The summed E-state index contributed by atoms with van der Waals surface area (Å²) in [5.41, 5.74) is 3.09. The number of anilines is 1. The van der Waals surface area contributed by atoms with Gasteiger partial charge in [-0.3, -0.25) is 0 Å². The van der Waals surface area contributed by atoms with Crippen LogP contribution in [0.25, 0.3) is 11.4 Å². The zero-order valence-electron chi connectivity index (χ0n) is 12.5. The summed E-state index contributed by atoms with van der Waals surface area (Å²) in [6.07, 6.45) is 1.93. The number of hydrogen-bond donors (Lipinski definition) is 1. The fourth-order valence-corrected chi connectivity index (χ4v) is 2.71. The summed E-state index contributed by atoms with van der Waals surface area (Å²) < 4.78 is 0.944. The van der Waals surface area contributed by atoms with Gasteiger partial charge in [-0.15, -0.1) is 0 Å². The molecule has 5 heteroatoms. The number of rotatable bonds is 5. The van der Waals surface area contributed by atoms with Crippen LogP contribution < -0.4 is 5.32 Å². The van der Waals surface area contributed by atoms with E-state index >= 15 is 0 Å². The molecule has 1 heterocycles. The second kappa shape index (κ2) is 7.23. The van der Waals surface area contributed by atoms with Crippen molar-refractivity contribution in [2.45, 2.75) is 33.6 Å². The van der Waals surface area contributed by atoms with Crippen molar-refractivity contribution in [3.05, 3.63) is 39.0 Å². The number of aromatic nitrogens is 2. The fourth-order valence-electron chi connectivity index (χ4n) is 2.11. The Morgan fingerprint density at radius 3 is 2.67 bits per heavy atom. The van der Waals surface area contributed by atoms with Crippen molar-refractivity contribution in [2.24, 2.45) is 0 Å². The molecule has 2 rings (SSSR count). The second-order valence-electron chi connectivity index (χ2n) is 4.87. The van der Waals surface area contributed by atoms with Crippen molar-refractivity contribution in [3.8, 4) is 11.4 Å². The fraction of sp³-hybridized carbons (Fsp3) is 0.375. The van der Waals surface area contributed by atoms with E-state index in [1.54, 1.807) is 0 Å². The molecule has 1 aromatic carbocycles. The van der Waals surface area contributed by atoms with Crippen molar-refractivity contribution in [3.63, 3.8) is 0 Å². The number of nitrogens with one attached hydrogen (secondary N) is 1. The Morgan fingerprint density at radius 2 is 2.00 bits per heavy atom. The smallest absolute Gasteiger partial charge is 0.162 e. The lowest BCUT2D eigenvalue weighted by atomic mass is 10.1. The van der Waals surface area contributed by atoms with Crippen LogP contribution in [0.2, 0.25) is 5.02 Å². The van der Waals surface area contributed by atoms with E-state index in [1.165, 1.54) is 0 Å². The van der Waals surface area contributed by atoms with Gasteiger partial charge < -0.3 is 5.32 Å². The zero-order valence-corrected chi connectivity index (χ0v) is 14.8. The van der Waals surface area contributed by atoms with Crippen molar-refractivity contribution < 1.29 is 0 Å². The predicted molar refractivity (Wildman–Crippen MR) is 93.1 cm³/mol. The molecule has 0 aliphatic rings. The van der Waals surface area contributed by atoms with Gasteiger partial charge in [0.25, 0.3) is 0 Å². The van der Waals surface area contributed by atoms with E-state index in [9.17, 15) is 0 Å². The number of nitrogens with zero attached hydrogens (tertiary/aromatic N) is 2. The van der Waals surface area contributed by atoms with Gasteiger partial charge in [-0.25, -0.2) is 9.97 Å². The Hall–Kier alpha value is -1.13. The molecule has 0 radical (unpaired) electrons. The molecule has 1 aromatic heterocycles. The van der Waals surface area contributed by atoms with Crippen molar-refractivity contribution in [2.75, 3.05) is 11.9 Å². The number of halogens is 2. The highest BCUT2D eigenvalue weighted by atomic mass is 79.9. The van der Waals surface area contributed by atoms with Gasteiger partial charge in [0.05, 0.1) is 0 Å². The van der Waals surface area contributed by atoms with Crippen LogP contribution >= 0.6 is 27.5 Å². The van der Waals surface area contributed by atoms with Crippen LogP contribution in [-0.4, -0.2) is 16.5 Å². The predicted octanol–water partition coefficient (Wildman–Crippen LogP) is 5.25. The van der Waals surface area contributed by atoms with E-state index in [1.807, 2.05) is 18.2 Å². The first-order valence-electron chi connectivity index (χ1n) is 7.13. The molecule has 0 fully saturated rings. The van der Waals surface area contributed by atoms with Crippen molar-refractivity contribution >= 4 is 33.3 Å². The quantitative estimate of drug-likeness (QED) is 0.783. The molecule has 0 saturated heterocycles. The lowest BCUT2D eigenvalue weighted by Crippen LogP contribution is -2.08. The van der Waals surface area contributed by atoms with Crippen LogP contribution in [-0.2, 0) is 6.42 Å². The first kappa shape index (κ1) is 16.2. The highest BCUT2D eigenvalue weighted by Crippen LogP contribution is 2.30. The van der Waals surface area contributed by atoms with Gasteiger partial charge in [-0.05, 0) is 38.0 Å². The lowest BCUT2D eigenvalue weighted by molar-refractivity contribution is 0.936. The van der Waals surface area contributed by atoms with Gasteiger partial charge in [0.15, 0.2) is 5.82 Å². The topological polar surface area (TPSA) is 37.8 Å². The van der Waals surface area contributed by atoms with Crippen LogP contribution in [0, 0.1) is 6.92 Å². The van der Waals surface area contributed by atoms with Gasteiger partial charge in [-0.1, -0.05) is 41.4 Å². The number of aryl methyl sites for hydroxylation is 1. The molecule has 0 spiro atoms. The first-order chi connectivity index (χ1) is 10.1. The highest BCUT2D eigenvalue weighted by molar-refractivity contribution is 9.10. The third kappa shape index (κ3) is 3.74. The molecule has 21 heavy (non-hydrogen) atoms. The Kier molecular flexibility index (Phi) is 5.59. The standard InChI is InChI=1S/C16H19BrClN3/c1-4-8-19-15-10(3)14(5-2)20-16(21-15)12-9-11(18)6-7-13(12)17/h6-7,9H,4-5,8H2,1-3H3,(H,19,20,21). The molecular weight excluding hydrogens is 350 g/mol. The lowest BCUT2D eigenvalue weighted by Gasteiger charge is -2.14. The second-order valence-corrected chi connectivity index (χ2v) is 6.16. The molecule has 112 valence electrons. The van der Waals surface area contributed by atoms with E-state index in [0.29, 0.717) is 10.8 Å². The van der Waals surface area contributed by atoms with E-state index in [2.05, 4.69) is 47.0 Å². The van der Waals surface area contributed by atoms with E-state index < -0.39 is 0 Å². The van der Waals surface area contributed by atoms with Crippen LogP contribution in [0.3, 0.4) is 0 Å². The Bertz CT molecular complexity index is 644. The zero-order chi connectivity index (χ0) is 15.4. The first-order valence-corrected chi connectivity index (χ1v) is 8.30. The van der Waals surface area contributed by atoms with Crippen molar-refractivity contribution in [1.82, 2.24) is 9.97 Å². The summed E-state index contributed by atoms with van der Waals surface area (Å²) in [7, 11) is 0. The van der Waals surface area contributed by atoms with E-state index in [0.717, 1.165) is 46.5 Å². The van der Waals surface area contributed by atoms with E-state index in [4.69, 9.17) is 16.6 Å². The Morgan fingerprint density at radius 1 is 1.24 bits per heavy atom. The molecule has 3 nitrogen and oxygen atoms in total. The van der Waals surface area contributed by atoms with Crippen LogP contribution in [0.5, 0.6) is 0 Å². The van der Waals surface area contributed by atoms with Crippen LogP contribution in [0.4, 0.5) is 5.82 Å². The molecule has 0 unspecified atom stereocenters. The maximum atomic E-state index is 6.10. The van der Waals surface area contributed by atoms with Gasteiger partial charge in [0.1, 0.15) is 5.82 Å². The number of benzene rings is 1. The average Bonchev–Trinajstić information content (AvgIpc) is 2.48. The van der Waals surface area contributed by atoms with Gasteiger partial charge in [0.2, 0.25) is 0 Å². The maximum Gasteiger partial charge on any atom is 0.162 e. The van der Waals surface area contributed by atoms with Crippen LogP contribution in [0.1, 0.15) is 31.5 Å². The molecular formula is C16H19BrClN3. The normalized spacial score (nSPS) is 10.7. The molecule has 2 aromatic rings. The van der Waals surface area contributed by atoms with E-state index in [-0.39, 0.29) is 0 Å². The summed E-state index contributed by atoms with van der Waals surface area (Å²) in [6, 6.07) is 5.66. The SMILES string of the molecule is CCCNc1nc(-c2cc(Cl)ccc2Br)nc(CC)c1C. The number of hydrogen-bond acceptors (Lipinski definition) is 3. The van der Waals surface area contributed by atoms with Gasteiger partial charge >= 0.3 is 0 Å². The Labute approximate surface area is 139 Å². The molecule has 0 aliphatic heterocycles. The molecule has 1 N–H and O–H groups in total. The van der Waals surface area contributed by atoms with Gasteiger partial charge in [0, 0.05) is 32.9 Å². The molecule has 0 amide bonds.